The summed E-state index contributed by atoms with van der Waals surface area (Å²) < 4.78 is 21.0. The number of aromatic nitrogens is 3. The Kier molecular flexibility index (Phi) is 7.38. The second-order valence-electron chi connectivity index (χ2n) is 11.6. The topological polar surface area (TPSA) is 119 Å². The van der Waals surface area contributed by atoms with Gasteiger partial charge in [-0.05, 0) is 68.1 Å². The SMILES string of the molecule is CS(=O)c1nc2ccc(NC(=O)C3(NC(=O)c4ccc5c(c4)nc(-c4ccoc4)n5C4CCCCC4)CCCC3)cc2s1. The highest BCUT2D eigenvalue weighted by atomic mass is 32.2. The first kappa shape index (κ1) is 28.0. The molecule has 7 rings (SSSR count). The van der Waals surface area contributed by atoms with Crippen LogP contribution in [0.25, 0.3) is 32.6 Å². The van der Waals surface area contributed by atoms with Crippen LogP contribution in [-0.4, -0.2) is 42.4 Å². The summed E-state index contributed by atoms with van der Waals surface area (Å²) in [6.45, 7) is 0. The summed E-state index contributed by atoms with van der Waals surface area (Å²) in [7, 11) is -1.17. The summed E-state index contributed by atoms with van der Waals surface area (Å²) >= 11 is 1.35. The van der Waals surface area contributed by atoms with Gasteiger partial charge >= 0.3 is 0 Å². The quantitative estimate of drug-likeness (QED) is 0.207. The number of benzene rings is 2. The van der Waals surface area contributed by atoms with Crippen molar-refractivity contribution in [3.63, 3.8) is 0 Å². The lowest BCUT2D eigenvalue weighted by Gasteiger charge is -2.29. The number of fused-ring (bicyclic) bond motifs is 2. The van der Waals surface area contributed by atoms with E-state index < -0.39 is 16.3 Å². The van der Waals surface area contributed by atoms with Crippen molar-refractivity contribution in [3.8, 4) is 11.4 Å². The van der Waals surface area contributed by atoms with E-state index in [1.807, 2.05) is 36.4 Å². The first-order valence-corrected chi connectivity index (χ1v) is 17.2. The summed E-state index contributed by atoms with van der Waals surface area (Å²) in [5.41, 5.74) is 3.51. The Morgan fingerprint density at radius 1 is 1.00 bits per heavy atom. The number of hydrogen-bond acceptors (Lipinski definition) is 7. The molecule has 222 valence electrons. The summed E-state index contributed by atoms with van der Waals surface area (Å²) in [5, 5.41) is 6.14. The molecule has 43 heavy (non-hydrogen) atoms. The van der Waals surface area contributed by atoms with Crippen molar-refractivity contribution in [2.24, 2.45) is 0 Å². The van der Waals surface area contributed by atoms with Crippen molar-refractivity contribution in [1.29, 1.82) is 0 Å². The van der Waals surface area contributed by atoms with Gasteiger partial charge in [0.2, 0.25) is 5.91 Å². The van der Waals surface area contributed by atoms with Gasteiger partial charge in [-0.2, -0.15) is 0 Å². The van der Waals surface area contributed by atoms with Crippen molar-refractivity contribution >= 4 is 60.9 Å². The molecule has 2 aliphatic rings. The number of anilines is 1. The first-order valence-electron chi connectivity index (χ1n) is 14.8. The van der Waals surface area contributed by atoms with Crippen LogP contribution in [0.2, 0.25) is 0 Å². The Labute approximate surface area is 255 Å². The van der Waals surface area contributed by atoms with Gasteiger partial charge in [-0.25, -0.2) is 9.97 Å². The fraction of sp³-hybridized carbons (Fsp3) is 0.375. The number of amides is 2. The zero-order valence-corrected chi connectivity index (χ0v) is 25.6. The minimum absolute atomic E-state index is 0.230. The lowest BCUT2D eigenvalue weighted by atomic mass is 9.94. The number of carbonyl (C=O) groups is 2. The molecule has 9 nitrogen and oxygen atoms in total. The van der Waals surface area contributed by atoms with E-state index in [9.17, 15) is 13.8 Å². The number of thiazole rings is 1. The van der Waals surface area contributed by atoms with E-state index >= 15 is 0 Å². The minimum atomic E-state index is -1.17. The van der Waals surface area contributed by atoms with E-state index in [0.29, 0.717) is 34.5 Å². The van der Waals surface area contributed by atoms with Crippen molar-refractivity contribution in [3.05, 3.63) is 60.6 Å². The lowest BCUT2D eigenvalue weighted by molar-refractivity contribution is -0.122. The first-order chi connectivity index (χ1) is 20.9. The number of furan rings is 1. The van der Waals surface area contributed by atoms with Crippen LogP contribution in [0.3, 0.4) is 0 Å². The van der Waals surface area contributed by atoms with E-state index in [0.717, 1.165) is 58.3 Å². The second kappa shape index (κ2) is 11.3. The second-order valence-corrected chi connectivity index (χ2v) is 14.2. The fourth-order valence-electron chi connectivity index (χ4n) is 6.58. The third-order valence-electron chi connectivity index (χ3n) is 8.79. The monoisotopic (exact) mass is 615 g/mol. The number of rotatable bonds is 7. The predicted molar refractivity (Wildman–Crippen MR) is 169 cm³/mol. The van der Waals surface area contributed by atoms with Gasteiger partial charge in [0.1, 0.15) is 17.6 Å². The van der Waals surface area contributed by atoms with Crippen LogP contribution >= 0.6 is 11.3 Å². The van der Waals surface area contributed by atoms with E-state index in [1.165, 1.54) is 30.6 Å². The van der Waals surface area contributed by atoms with E-state index in [-0.39, 0.29) is 11.8 Å². The zero-order valence-electron chi connectivity index (χ0n) is 23.9. The number of carbonyl (C=O) groups excluding carboxylic acids is 2. The maximum atomic E-state index is 13.7. The normalized spacial score (nSPS) is 17.8. The van der Waals surface area contributed by atoms with Crippen molar-refractivity contribution in [2.45, 2.75) is 73.7 Å². The fourth-order valence-corrected chi connectivity index (χ4v) is 8.28. The summed E-state index contributed by atoms with van der Waals surface area (Å²) in [5.74, 6) is 0.338. The van der Waals surface area contributed by atoms with E-state index in [1.54, 1.807) is 24.8 Å². The Morgan fingerprint density at radius 3 is 2.56 bits per heavy atom. The van der Waals surface area contributed by atoms with Gasteiger partial charge in [-0.1, -0.05) is 32.1 Å². The van der Waals surface area contributed by atoms with Crippen LogP contribution in [0.1, 0.15) is 74.2 Å². The van der Waals surface area contributed by atoms with Crippen molar-refractivity contribution in [2.75, 3.05) is 11.6 Å². The molecule has 2 amide bonds. The molecule has 2 aromatic carbocycles. The molecule has 0 bridgehead atoms. The molecule has 1 atom stereocenters. The average molecular weight is 616 g/mol. The standard InChI is InChI=1S/C32H33N5O4S2/c1-43(40)31-35-24-11-10-22(18-27(24)42-31)33-30(39)32(14-5-6-15-32)36-29(38)20-9-12-26-25(17-20)34-28(21-13-16-41-19-21)37(26)23-7-3-2-4-8-23/h9-13,16-19,23H,2-8,14-15H2,1H3,(H,33,39)(H,36,38). The molecule has 2 fully saturated rings. The van der Waals surface area contributed by atoms with E-state index in [4.69, 9.17) is 9.40 Å². The molecule has 0 saturated heterocycles. The molecule has 2 N–H and O–H groups in total. The highest BCUT2D eigenvalue weighted by Crippen LogP contribution is 2.37. The van der Waals surface area contributed by atoms with Crippen LogP contribution in [-0.2, 0) is 15.6 Å². The lowest BCUT2D eigenvalue weighted by Crippen LogP contribution is -2.55. The third-order valence-corrected chi connectivity index (χ3v) is 11.1. The largest absolute Gasteiger partial charge is 0.472 e. The van der Waals surface area contributed by atoms with Gasteiger partial charge in [-0.15, -0.1) is 11.3 Å². The van der Waals surface area contributed by atoms with Gasteiger partial charge in [0, 0.05) is 23.5 Å². The molecule has 0 spiro atoms. The van der Waals surface area contributed by atoms with Crippen molar-refractivity contribution in [1.82, 2.24) is 19.9 Å². The van der Waals surface area contributed by atoms with Crippen LogP contribution in [0.5, 0.6) is 0 Å². The average Bonchev–Trinajstić information content (AvgIpc) is 3.82. The van der Waals surface area contributed by atoms with Crippen molar-refractivity contribution < 1.29 is 18.2 Å². The van der Waals surface area contributed by atoms with Crippen LogP contribution in [0, 0.1) is 0 Å². The molecule has 11 heteroatoms. The summed E-state index contributed by atoms with van der Waals surface area (Å²) in [4.78, 5) is 36.8. The number of nitrogens with zero attached hydrogens (tertiary/aromatic N) is 3. The number of nitrogens with one attached hydrogen (secondary N) is 2. The molecular weight excluding hydrogens is 583 g/mol. The van der Waals surface area contributed by atoms with Gasteiger partial charge in [0.25, 0.3) is 5.91 Å². The van der Waals surface area contributed by atoms with Gasteiger partial charge in [0.05, 0.1) is 43.9 Å². The summed E-state index contributed by atoms with van der Waals surface area (Å²) in [6.07, 6.45) is 13.7. The van der Waals surface area contributed by atoms with Gasteiger partial charge < -0.3 is 19.6 Å². The summed E-state index contributed by atoms with van der Waals surface area (Å²) in [6, 6.07) is 13.4. The molecular formula is C32H33N5O4S2. The molecule has 1 unspecified atom stereocenters. The predicted octanol–water partition coefficient (Wildman–Crippen LogP) is 6.83. The Bertz CT molecular complexity index is 1850. The molecule has 2 saturated carbocycles. The highest BCUT2D eigenvalue weighted by molar-refractivity contribution is 7.86. The van der Waals surface area contributed by atoms with E-state index in [2.05, 4.69) is 20.2 Å². The highest BCUT2D eigenvalue weighted by Gasteiger charge is 2.42. The molecule has 0 aliphatic heterocycles. The number of hydrogen-bond donors (Lipinski definition) is 2. The van der Waals surface area contributed by atoms with Crippen LogP contribution < -0.4 is 10.6 Å². The number of imidazole rings is 1. The maximum Gasteiger partial charge on any atom is 0.252 e. The smallest absolute Gasteiger partial charge is 0.252 e. The van der Waals surface area contributed by atoms with Crippen LogP contribution in [0.15, 0.2) is 63.7 Å². The third kappa shape index (κ3) is 5.29. The molecule has 0 radical (unpaired) electrons. The minimum Gasteiger partial charge on any atom is -0.472 e. The zero-order chi connectivity index (χ0) is 29.6. The Balaban J connectivity index is 1.15. The molecule has 5 aromatic rings. The molecule has 3 heterocycles. The Hall–Kier alpha value is -3.83. The van der Waals surface area contributed by atoms with Crippen LogP contribution in [0.4, 0.5) is 5.69 Å². The van der Waals surface area contributed by atoms with Gasteiger partial charge in [-0.3, -0.25) is 13.8 Å². The maximum absolute atomic E-state index is 13.7. The van der Waals surface area contributed by atoms with Gasteiger partial charge in [0.15, 0.2) is 4.34 Å². The Morgan fingerprint density at radius 2 is 1.81 bits per heavy atom. The molecule has 3 aromatic heterocycles. The molecule has 2 aliphatic carbocycles.